The maximum Gasteiger partial charge on any atom is 0.317 e. The van der Waals surface area contributed by atoms with Crippen molar-refractivity contribution in [3.63, 3.8) is 0 Å². The number of aryl methyl sites for hydroxylation is 1. The minimum Gasteiger partial charge on any atom is -0.361 e. The third-order valence-electron chi connectivity index (χ3n) is 12.5. The number of fused-ring (bicyclic) bond motifs is 2. The molecule has 1 aromatic carbocycles. The van der Waals surface area contributed by atoms with Gasteiger partial charge < -0.3 is 15.0 Å². The molecule has 3 fully saturated rings. The number of sulfonamides is 1. The van der Waals surface area contributed by atoms with Crippen LogP contribution in [-0.2, 0) is 26.6 Å². The number of ether oxygens (including phenoxy) is 1. The van der Waals surface area contributed by atoms with Crippen molar-refractivity contribution in [2.45, 2.75) is 117 Å². The molecule has 5 rings (SSSR count). The molecule has 2 aliphatic heterocycles. The van der Waals surface area contributed by atoms with Gasteiger partial charge >= 0.3 is 6.03 Å². The minimum atomic E-state index is -3.53. The van der Waals surface area contributed by atoms with Gasteiger partial charge in [-0.15, -0.1) is 0 Å². The van der Waals surface area contributed by atoms with Crippen molar-refractivity contribution < 1.29 is 17.9 Å². The minimum absolute atomic E-state index is 0.0458. The molecule has 4 atom stereocenters. The molecule has 9 heteroatoms. The van der Waals surface area contributed by atoms with Crippen LogP contribution in [0.1, 0.15) is 105 Å². The molecule has 0 aromatic heterocycles. The van der Waals surface area contributed by atoms with Crippen LogP contribution in [0.15, 0.2) is 24.3 Å². The first-order valence-corrected chi connectivity index (χ1v) is 19.2. The van der Waals surface area contributed by atoms with Crippen molar-refractivity contribution in [2.75, 3.05) is 45.2 Å². The van der Waals surface area contributed by atoms with E-state index in [0.717, 1.165) is 58.0 Å². The molecule has 8 nitrogen and oxygen atoms in total. The maximum absolute atomic E-state index is 14.3. The van der Waals surface area contributed by atoms with Crippen molar-refractivity contribution in [1.29, 1.82) is 0 Å². The molecule has 2 saturated heterocycles. The summed E-state index contributed by atoms with van der Waals surface area (Å²) in [6.45, 7) is 18.9. The molecule has 2 heterocycles. The highest BCUT2D eigenvalue weighted by Gasteiger charge is 2.60. The van der Waals surface area contributed by atoms with Gasteiger partial charge in [0.05, 0.1) is 18.1 Å². The van der Waals surface area contributed by atoms with Crippen LogP contribution in [0.2, 0.25) is 0 Å². The second-order valence-corrected chi connectivity index (χ2v) is 18.2. The Morgan fingerprint density at radius 3 is 2.49 bits per heavy atom. The zero-order chi connectivity index (χ0) is 32.7. The van der Waals surface area contributed by atoms with Gasteiger partial charge in [-0.3, -0.25) is 5.32 Å². The molecule has 2 aliphatic carbocycles. The number of likely N-dealkylation sites (tertiary alicyclic amines) is 1. The van der Waals surface area contributed by atoms with Crippen LogP contribution in [0.4, 0.5) is 4.79 Å². The van der Waals surface area contributed by atoms with Crippen molar-refractivity contribution in [1.82, 2.24) is 19.8 Å². The molecule has 45 heavy (non-hydrogen) atoms. The number of nitrogens with zero attached hydrogens (tertiary/aromatic N) is 2. The fraction of sp³-hybridized carbons (Fsp3) is 0.806. The van der Waals surface area contributed by atoms with E-state index in [-0.39, 0.29) is 34.3 Å². The molecular weight excluding hydrogens is 584 g/mol. The second kappa shape index (κ2) is 13.1. The standard InChI is InChI=1S/C36H60N4O4S/c1-8-36(25-45(42,43)40-20-17-35(18-21-40)16-15-29-13-9-10-14-30(29)35)31(22-27(2)34(36,6)7)38-32(41)39-19-11-12-28(24-39)23-37-26-44-33(3,4)5/h9-10,13-14,27-28,31,37H,8,11-12,15-26H2,1-7H3,(H,38,41). The van der Waals surface area contributed by atoms with E-state index in [1.165, 1.54) is 11.1 Å². The average Bonchev–Trinajstić information content (AvgIpc) is 3.43. The molecule has 1 spiro atoms. The summed E-state index contributed by atoms with van der Waals surface area (Å²) in [7, 11) is -3.53. The Kier molecular flexibility index (Phi) is 10.1. The molecule has 4 aliphatic rings. The van der Waals surface area contributed by atoms with E-state index in [1.807, 2.05) is 25.7 Å². The van der Waals surface area contributed by atoms with Gasteiger partial charge in [0.15, 0.2) is 0 Å². The first-order valence-electron chi connectivity index (χ1n) is 17.6. The lowest BCUT2D eigenvalue weighted by atomic mass is 9.63. The lowest BCUT2D eigenvalue weighted by Gasteiger charge is -2.48. The zero-order valence-corrected chi connectivity index (χ0v) is 29.9. The normalized spacial score (nSPS) is 30.0. The molecule has 1 aromatic rings. The SMILES string of the molecule is CCC1(CS(=O)(=O)N2CCC3(CCc4ccccc43)CC2)C(NC(=O)N2CCCC(CNCOC(C)(C)C)C2)CC(C)C1(C)C. The van der Waals surface area contributed by atoms with E-state index < -0.39 is 15.4 Å². The van der Waals surface area contributed by atoms with E-state index in [0.29, 0.717) is 44.6 Å². The van der Waals surface area contributed by atoms with E-state index in [9.17, 15) is 13.2 Å². The van der Waals surface area contributed by atoms with Crippen LogP contribution >= 0.6 is 0 Å². The molecular formula is C36H60N4O4S. The fourth-order valence-electron chi connectivity index (χ4n) is 9.18. The second-order valence-electron chi connectivity index (χ2n) is 16.3. The third-order valence-corrected chi connectivity index (χ3v) is 14.6. The van der Waals surface area contributed by atoms with Crippen molar-refractivity contribution in [3.8, 4) is 0 Å². The van der Waals surface area contributed by atoms with Gasteiger partial charge in [-0.25, -0.2) is 17.5 Å². The quantitative estimate of drug-likeness (QED) is 0.258. The summed E-state index contributed by atoms with van der Waals surface area (Å²) in [6.07, 6.45) is 7.54. The summed E-state index contributed by atoms with van der Waals surface area (Å²) in [5.41, 5.74) is 2.02. The summed E-state index contributed by atoms with van der Waals surface area (Å²) < 4.78 is 36.2. The summed E-state index contributed by atoms with van der Waals surface area (Å²) in [4.78, 5) is 15.8. The number of benzene rings is 1. The molecule has 0 radical (unpaired) electrons. The van der Waals surface area contributed by atoms with Gasteiger partial charge in [-0.05, 0) is 106 Å². The predicted molar refractivity (Wildman–Crippen MR) is 182 cm³/mol. The molecule has 2 amide bonds. The Hall–Kier alpha value is -1.68. The van der Waals surface area contributed by atoms with Gasteiger partial charge in [0, 0.05) is 44.2 Å². The predicted octanol–water partition coefficient (Wildman–Crippen LogP) is 5.91. The van der Waals surface area contributed by atoms with E-state index in [2.05, 4.69) is 62.6 Å². The van der Waals surface area contributed by atoms with E-state index >= 15 is 0 Å². The van der Waals surface area contributed by atoms with Crippen molar-refractivity contribution in [2.24, 2.45) is 22.7 Å². The van der Waals surface area contributed by atoms with Crippen molar-refractivity contribution in [3.05, 3.63) is 35.4 Å². The van der Waals surface area contributed by atoms with E-state index in [1.54, 1.807) is 4.31 Å². The molecule has 4 unspecified atom stereocenters. The Morgan fingerprint density at radius 1 is 1.09 bits per heavy atom. The molecule has 1 saturated carbocycles. The lowest BCUT2D eigenvalue weighted by Crippen LogP contribution is -2.58. The van der Waals surface area contributed by atoms with Crippen LogP contribution in [0.5, 0.6) is 0 Å². The Morgan fingerprint density at radius 2 is 1.80 bits per heavy atom. The number of urea groups is 1. The zero-order valence-electron chi connectivity index (χ0n) is 29.1. The third kappa shape index (κ3) is 6.97. The summed E-state index contributed by atoms with van der Waals surface area (Å²) in [5.74, 6) is 0.749. The highest BCUT2D eigenvalue weighted by Crippen LogP contribution is 2.59. The smallest absolute Gasteiger partial charge is 0.317 e. The Balaban J connectivity index is 1.25. The number of hydrogen-bond donors (Lipinski definition) is 2. The molecule has 254 valence electrons. The number of carbonyl (C=O) groups is 1. The summed E-state index contributed by atoms with van der Waals surface area (Å²) >= 11 is 0. The van der Waals surface area contributed by atoms with E-state index in [4.69, 9.17) is 4.74 Å². The van der Waals surface area contributed by atoms with Gasteiger partial charge in [-0.1, -0.05) is 52.0 Å². The highest BCUT2D eigenvalue weighted by molar-refractivity contribution is 7.89. The summed E-state index contributed by atoms with van der Waals surface area (Å²) in [5, 5.41) is 6.83. The fourth-order valence-corrected chi connectivity index (χ4v) is 11.5. The molecule has 0 bridgehead atoms. The topological polar surface area (TPSA) is 91.0 Å². The number of nitrogens with one attached hydrogen (secondary N) is 2. The van der Waals surface area contributed by atoms with Gasteiger partial charge in [0.2, 0.25) is 10.0 Å². The number of hydrogen-bond acceptors (Lipinski definition) is 5. The van der Waals surface area contributed by atoms with Gasteiger partial charge in [0.1, 0.15) is 0 Å². The van der Waals surface area contributed by atoms with Crippen LogP contribution in [-0.4, -0.2) is 80.5 Å². The monoisotopic (exact) mass is 644 g/mol. The molecule has 2 N–H and O–H groups in total. The number of amides is 2. The number of rotatable bonds is 9. The van der Waals surface area contributed by atoms with Gasteiger partial charge in [-0.2, -0.15) is 0 Å². The Bertz CT molecular complexity index is 1300. The number of piperidine rings is 2. The van der Waals surface area contributed by atoms with Gasteiger partial charge in [0.25, 0.3) is 0 Å². The Labute approximate surface area is 273 Å². The highest BCUT2D eigenvalue weighted by atomic mass is 32.2. The number of carbonyl (C=O) groups excluding carboxylic acids is 1. The average molecular weight is 645 g/mol. The van der Waals surface area contributed by atoms with Crippen LogP contribution in [0.25, 0.3) is 0 Å². The first-order chi connectivity index (χ1) is 21.1. The van der Waals surface area contributed by atoms with Crippen LogP contribution in [0.3, 0.4) is 0 Å². The van der Waals surface area contributed by atoms with Crippen molar-refractivity contribution >= 4 is 16.1 Å². The summed E-state index contributed by atoms with van der Waals surface area (Å²) in [6, 6.07) is 8.51. The van der Waals surface area contributed by atoms with Crippen LogP contribution in [0, 0.1) is 22.7 Å². The largest absolute Gasteiger partial charge is 0.361 e. The lowest BCUT2D eigenvalue weighted by molar-refractivity contribution is -0.0151. The van der Waals surface area contributed by atoms with Crippen LogP contribution < -0.4 is 10.6 Å². The first kappa shape index (κ1) is 34.6. The maximum atomic E-state index is 14.3.